The zero-order valence-electron chi connectivity index (χ0n) is 13.7. The summed E-state index contributed by atoms with van der Waals surface area (Å²) in [5.74, 6) is 2.36. The highest BCUT2D eigenvalue weighted by Crippen LogP contribution is 2.30. The molecular formula is C17H22IN3O2S. The third-order valence-corrected chi connectivity index (χ3v) is 4.52. The van der Waals surface area contributed by atoms with Crippen LogP contribution < -0.4 is 20.1 Å². The maximum absolute atomic E-state index is 5.92. The van der Waals surface area contributed by atoms with Crippen molar-refractivity contribution in [3.63, 3.8) is 0 Å². The molecule has 1 unspecified atom stereocenters. The van der Waals surface area contributed by atoms with E-state index in [1.54, 1.807) is 18.4 Å². The molecule has 2 N–H and O–H groups in total. The third-order valence-electron chi connectivity index (χ3n) is 3.51. The highest BCUT2D eigenvalue weighted by atomic mass is 127. The summed E-state index contributed by atoms with van der Waals surface area (Å²) in [6.45, 7) is 4.05. The predicted molar refractivity (Wildman–Crippen MR) is 109 cm³/mol. The molecule has 0 amide bonds. The van der Waals surface area contributed by atoms with Crippen LogP contribution in [0.3, 0.4) is 0 Å². The van der Waals surface area contributed by atoms with E-state index in [2.05, 4.69) is 34.7 Å². The monoisotopic (exact) mass is 459 g/mol. The van der Waals surface area contributed by atoms with E-state index in [1.807, 2.05) is 24.3 Å². The number of guanidine groups is 1. The van der Waals surface area contributed by atoms with E-state index in [0.29, 0.717) is 13.2 Å². The lowest BCUT2D eigenvalue weighted by molar-refractivity contribution is 0.0936. The van der Waals surface area contributed by atoms with Gasteiger partial charge in [-0.2, -0.15) is 0 Å². The van der Waals surface area contributed by atoms with Crippen molar-refractivity contribution in [2.75, 3.05) is 20.2 Å². The minimum absolute atomic E-state index is 0. The second-order valence-corrected chi connectivity index (χ2v) is 6.69. The molecule has 0 spiro atoms. The summed E-state index contributed by atoms with van der Waals surface area (Å²) in [5.41, 5.74) is 0. The van der Waals surface area contributed by atoms with Crippen LogP contribution in [0.15, 0.2) is 41.4 Å². The molecule has 130 valence electrons. The molecule has 2 heterocycles. The summed E-state index contributed by atoms with van der Waals surface area (Å²) in [5, 5.41) is 6.60. The second-order valence-electron chi connectivity index (χ2n) is 5.32. The molecule has 7 heteroatoms. The highest BCUT2D eigenvalue weighted by molar-refractivity contribution is 14.0. The van der Waals surface area contributed by atoms with Gasteiger partial charge in [0.05, 0.1) is 13.1 Å². The summed E-state index contributed by atoms with van der Waals surface area (Å²) < 4.78 is 11.6. The highest BCUT2D eigenvalue weighted by Gasteiger charge is 2.20. The molecule has 1 aliphatic heterocycles. The summed E-state index contributed by atoms with van der Waals surface area (Å²) in [6, 6.07) is 12.0. The lowest BCUT2D eigenvalue weighted by Crippen LogP contribution is -2.45. The lowest BCUT2D eigenvalue weighted by Gasteiger charge is -2.27. The van der Waals surface area contributed by atoms with Crippen molar-refractivity contribution in [1.82, 2.24) is 10.6 Å². The Labute approximate surface area is 163 Å². The van der Waals surface area contributed by atoms with Gasteiger partial charge in [0.1, 0.15) is 12.7 Å². The van der Waals surface area contributed by atoms with Crippen LogP contribution in [-0.4, -0.2) is 32.3 Å². The fraction of sp³-hybridized carbons (Fsp3) is 0.353. The molecule has 1 aromatic carbocycles. The largest absolute Gasteiger partial charge is 0.486 e. The van der Waals surface area contributed by atoms with Crippen LogP contribution in [0.2, 0.25) is 0 Å². The standard InChI is InChI=1S/C17H21N3O2S.HI/c1-12-7-8-14(23-12)10-20-17(18-2)19-9-13-11-21-15-5-3-4-6-16(15)22-13;/h3-8,13H,9-11H2,1-2H3,(H2,18,19,20);1H. The van der Waals surface area contributed by atoms with Gasteiger partial charge in [0.2, 0.25) is 0 Å². The molecule has 1 atom stereocenters. The normalized spacial score (nSPS) is 16.2. The maximum Gasteiger partial charge on any atom is 0.191 e. The molecule has 0 saturated heterocycles. The van der Waals surface area contributed by atoms with Crippen LogP contribution in [0.1, 0.15) is 9.75 Å². The van der Waals surface area contributed by atoms with Gasteiger partial charge in [0, 0.05) is 16.8 Å². The smallest absolute Gasteiger partial charge is 0.191 e. The number of halogens is 1. The van der Waals surface area contributed by atoms with Crippen LogP contribution in [0, 0.1) is 6.92 Å². The number of thiophene rings is 1. The Kier molecular flexibility index (Phi) is 7.16. The van der Waals surface area contributed by atoms with Gasteiger partial charge < -0.3 is 20.1 Å². The number of aryl methyl sites for hydroxylation is 1. The Morgan fingerprint density at radius 2 is 2.00 bits per heavy atom. The topological polar surface area (TPSA) is 54.9 Å². The molecule has 0 radical (unpaired) electrons. The number of benzene rings is 1. The SMILES string of the molecule is CN=C(NCc1ccc(C)s1)NCC1COc2ccccc2O1.I. The molecule has 2 aromatic rings. The average molecular weight is 459 g/mol. The molecule has 24 heavy (non-hydrogen) atoms. The molecule has 0 aliphatic carbocycles. The van der Waals surface area contributed by atoms with E-state index < -0.39 is 0 Å². The Bertz CT molecular complexity index is 690. The van der Waals surface area contributed by atoms with Gasteiger partial charge in [0.15, 0.2) is 17.5 Å². The van der Waals surface area contributed by atoms with E-state index in [9.17, 15) is 0 Å². The van der Waals surface area contributed by atoms with Crippen molar-refractivity contribution in [2.24, 2.45) is 4.99 Å². The first-order valence-corrected chi connectivity index (χ1v) is 8.44. The van der Waals surface area contributed by atoms with E-state index >= 15 is 0 Å². The molecule has 3 rings (SSSR count). The zero-order valence-corrected chi connectivity index (χ0v) is 16.9. The van der Waals surface area contributed by atoms with Crippen molar-refractivity contribution in [1.29, 1.82) is 0 Å². The molecule has 1 aliphatic rings. The van der Waals surface area contributed by atoms with Gasteiger partial charge in [-0.05, 0) is 31.2 Å². The van der Waals surface area contributed by atoms with Gasteiger partial charge in [-0.25, -0.2) is 0 Å². The number of ether oxygens (including phenoxy) is 2. The Morgan fingerprint density at radius 1 is 1.21 bits per heavy atom. The first kappa shape index (κ1) is 18.9. The number of fused-ring (bicyclic) bond motifs is 1. The van der Waals surface area contributed by atoms with Crippen molar-refractivity contribution < 1.29 is 9.47 Å². The maximum atomic E-state index is 5.92. The average Bonchev–Trinajstić information content (AvgIpc) is 3.00. The number of para-hydroxylation sites is 2. The van der Waals surface area contributed by atoms with Gasteiger partial charge in [-0.1, -0.05) is 12.1 Å². The third kappa shape index (κ3) is 5.01. The minimum atomic E-state index is -0.0348. The van der Waals surface area contributed by atoms with E-state index in [-0.39, 0.29) is 30.1 Å². The van der Waals surface area contributed by atoms with Crippen molar-refractivity contribution >= 4 is 41.3 Å². The summed E-state index contributed by atoms with van der Waals surface area (Å²) in [4.78, 5) is 6.85. The molecule has 0 bridgehead atoms. The molecular weight excluding hydrogens is 437 g/mol. The minimum Gasteiger partial charge on any atom is -0.486 e. The van der Waals surface area contributed by atoms with Gasteiger partial charge in [-0.15, -0.1) is 35.3 Å². The fourth-order valence-electron chi connectivity index (χ4n) is 2.35. The number of nitrogens with one attached hydrogen (secondary N) is 2. The Morgan fingerprint density at radius 3 is 2.71 bits per heavy atom. The van der Waals surface area contributed by atoms with E-state index in [1.165, 1.54) is 9.75 Å². The zero-order chi connectivity index (χ0) is 16.1. The van der Waals surface area contributed by atoms with E-state index in [0.717, 1.165) is 24.0 Å². The molecule has 0 saturated carbocycles. The molecule has 5 nitrogen and oxygen atoms in total. The number of nitrogens with zero attached hydrogens (tertiary/aromatic N) is 1. The lowest BCUT2D eigenvalue weighted by atomic mass is 10.2. The first-order chi connectivity index (χ1) is 11.2. The first-order valence-electron chi connectivity index (χ1n) is 7.63. The number of rotatable bonds is 4. The summed E-state index contributed by atoms with van der Waals surface area (Å²) in [7, 11) is 1.77. The van der Waals surface area contributed by atoms with Crippen molar-refractivity contribution in [2.45, 2.75) is 19.6 Å². The number of hydrogen-bond donors (Lipinski definition) is 2. The van der Waals surface area contributed by atoms with Crippen LogP contribution in [-0.2, 0) is 6.54 Å². The van der Waals surface area contributed by atoms with Crippen LogP contribution >= 0.6 is 35.3 Å². The molecule has 1 aromatic heterocycles. The Balaban J connectivity index is 0.00000208. The summed E-state index contributed by atoms with van der Waals surface area (Å²) >= 11 is 1.79. The summed E-state index contributed by atoms with van der Waals surface area (Å²) in [6.07, 6.45) is -0.0348. The fourth-order valence-corrected chi connectivity index (χ4v) is 3.18. The van der Waals surface area contributed by atoms with Crippen LogP contribution in [0.25, 0.3) is 0 Å². The number of aliphatic imine (C=N–C) groups is 1. The van der Waals surface area contributed by atoms with E-state index in [4.69, 9.17) is 9.47 Å². The van der Waals surface area contributed by atoms with Crippen LogP contribution in [0.5, 0.6) is 11.5 Å². The van der Waals surface area contributed by atoms with Gasteiger partial charge in [0.25, 0.3) is 0 Å². The Hall–Kier alpha value is -1.48. The van der Waals surface area contributed by atoms with Gasteiger partial charge in [-0.3, -0.25) is 4.99 Å². The quantitative estimate of drug-likeness (QED) is 0.419. The second kappa shape index (κ2) is 9.12. The van der Waals surface area contributed by atoms with Crippen molar-refractivity contribution in [3.8, 4) is 11.5 Å². The molecule has 0 fully saturated rings. The van der Waals surface area contributed by atoms with Crippen LogP contribution in [0.4, 0.5) is 0 Å². The van der Waals surface area contributed by atoms with Gasteiger partial charge >= 0.3 is 0 Å². The predicted octanol–water partition coefficient (Wildman–Crippen LogP) is 3.18. The number of hydrogen-bond acceptors (Lipinski definition) is 4. The van der Waals surface area contributed by atoms with Crippen molar-refractivity contribution in [3.05, 3.63) is 46.2 Å².